The quantitative estimate of drug-likeness (QED) is 0.580. The fraction of sp³-hybridized carbons (Fsp3) is 0.0833. The van der Waals surface area contributed by atoms with Crippen molar-refractivity contribution in [3.05, 3.63) is 46.2 Å². The first-order chi connectivity index (χ1) is 7.49. The first kappa shape index (κ1) is 10.9. The Balaban J connectivity index is 2.79. The van der Waals surface area contributed by atoms with Crippen LogP contribution in [0.4, 0.5) is 4.39 Å². The van der Waals surface area contributed by atoms with E-state index in [-0.39, 0.29) is 10.9 Å². The Morgan fingerprint density at radius 2 is 1.88 bits per heavy atom. The number of nitrogens with one attached hydrogen (secondary N) is 1. The molecule has 2 nitrogen and oxygen atoms in total. The van der Waals surface area contributed by atoms with Crippen molar-refractivity contribution in [1.29, 1.82) is 5.41 Å². The van der Waals surface area contributed by atoms with E-state index in [1.54, 1.807) is 12.1 Å². The molecular weight excluding hydrogens is 227 g/mol. The summed E-state index contributed by atoms with van der Waals surface area (Å²) in [5.41, 5.74) is 6.95. The molecule has 2 aromatic carbocycles. The molecule has 82 valence electrons. The van der Waals surface area contributed by atoms with Crippen LogP contribution < -0.4 is 5.73 Å². The van der Waals surface area contributed by atoms with Gasteiger partial charge in [0.05, 0.1) is 5.02 Å². The lowest BCUT2D eigenvalue weighted by Gasteiger charge is -2.07. The minimum atomic E-state index is -0.441. The first-order valence-electron chi connectivity index (χ1n) is 4.73. The van der Waals surface area contributed by atoms with Crippen LogP contribution in [0, 0.1) is 18.2 Å². The summed E-state index contributed by atoms with van der Waals surface area (Å²) in [7, 11) is 0. The SMILES string of the molecule is Cc1cc2cc(F)c(Cl)cc2cc1C(=N)N. The Bertz CT molecular complexity index is 593. The van der Waals surface area contributed by atoms with E-state index in [4.69, 9.17) is 22.7 Å². The molecule has 16 heavy (non-hydrogen) atoms. The standard InChI is InChI=1S/C12H10ClFN2/c1-6-2-7-5-11(14)10(13)4-8(7)3-9(6)12(15)16/h2-5H,1H3,(H3,15,16). The van der Waals surface area contributed by atoms with E-state index in [0.717, 1.165) is 16.3 Å². The second kappa shape index (κ2) is 3.76. The highest BCUT2D eigenvalue weighted by Gasteiger charge is 2.07. The molecule has 0 aromatic heterocycles. The molecule has 0 radical (unpaired) electrons. The van der Waals surface area contributed by atoms with Gasteiger partial charge in [0.1, 0.15) is 11.7 Å². The minimum absolute atomic E-state index is 0.000141. The maximum absolute atomic E-state index is 13.2. The normalized spacial score (nSPS) is 10.7. The topological polar surface area (TPSA) is 49.9 Å². The number of aryl methyl sites for hydroxylation is 1. The number of amidine groups is 1. The maximum Gasteiger partial charge on any atom is 0.142 e. The monoisotopic (exact) mass is 236 g/mol. The lowest BCUT2D eigenvalue weighted by atomic mass is 10.0. The van der Waals surface area contributed by atoms with Gasteiger partial charge in [-0.1, -0.05) is 17.7 Å². The van der Waals surface area contributed by atoms with E-state index < -0.39 is 5.82 Å². The van der Waals surface area contributed by atoms with Crippen molar-refractivity contribution >= 4 is 28.2 Å². The highest BCUT2D eigenvalue weighted by molar-refractivity contribution is 6.31. The number of hydrogen-bond donors (Lipinski definition) is 2. The number of nitrogens with two attached hydrogens (primary N) is 1. The molecule has 0 aliphatic heterocycles. The summed E-state index contributed by atoms with van der Waals surface area (Å²) < 4.78 is 13.2. The van der Waals surface area contributed by atoms with Gasteiger partial charge in [0, 0.05) is 5.56 Å². The third-order valence-electron chi connectivity index (χ3n) is 2.51. The second-order valence-electron chi connectivity index (χ2n) is 3.69. The molecular formula is C12H10ClFN2. The Morgan fingerprint density at radius 3 is 2.50 bits per heavy atom. The van der Waals surface area contributed by atoms with Crippen LogP contribution in [0.2, 0.25) is 5.02 Å². The van der Waals surface area contributed by atoms with Crippen LogP contribution >= 0.6 is 11.6 Å². The summed E-state index contributed by atoms with van der Waals surface area (Å²) >= 11 is 5.70. The van der Waals surface area contributed by atoms with Gasteiger partial charge in [-0.3, -0.25) is 5.41 Å². The zero-order valence-electron chi connectivity index (χ0n) is 8.64. The molecule has 0 aliphatic carbocycles. The molecule has 0 atom stereocenters. The Kier molecular flexibility index (Phi) is 2.56. The Hall–Kier alpha value is -1.61. The molecule has 0 unspecified atom stereocenters. The maximum atomic E-state index is 13.2. The lowest BCUT2D eigenvalue weighted by molar-refractivity contribution is 0.630. The van der Waals surface area contributed by atoms with Gasteiger partial charge in [0.2, 0.25) is 0 Å². The van der Waals surface area contributed by atoms with Gasteiger partial charge < -0.3 is 5.73 Å². The number of rotatable bonds is 1. The van der Waals surface area contributed by atoms with Gasteiger partial charge in [0.25, 0.3) is 0 Å². The van der Waals surface area contributed by atoms with Crippen LogP contribution in [0.1, 0.15) is 11.1 Å². The smallest absolute Gasteiger partial charge is 0.142 e. The lowest BCUT2D eigenvalue weighted by Crippen LogP contribution is -2.12. The van der Waals surface area contributed by atoms with Gasteiger partial charge in [-0.05, 0) is 41.5 Å². The van der Waals surface area contributed by atoms with Crippen LogP contribution in [0.15, 0.2) is 24.3 Å². The van der Waals surface area contributed by atoms with E-state index in [0.29, 0.717) is 5.56 Å². The molecule has 0 saturated heterocycles. The molecule has 0 amide bonds. The molecule has 2 rings (SSSR count). The average Bonchev–Trinajstić information content (AvgIpc) is 2.19. The van der Waals surface area contributed by atoms with Crippen molar-refractivity contribution in [3.63, 3.8) is 0 Å². The molecule has 0 heterocycles. The highest BCUT2D eigenvalue weighted by atomic mass is 35.5. The molecule has 0 fully saturated rings. The van der Waals surface area contributed by atoms with Gasteiger partial charge in [-0.2, -0.15) is 0 Å². The molecule has 0 aliphatic rings. The zero-order valence-corrected chi connectivity index (χ0v) is 9.40. The number of halogens is 2. The number of benzene rings is 2. The zero-order chi connectivity index (χ0) is 11.9. The predicted molar refractivity (Wildman–Crippen MR) is 64.7 cm³/mol. The van der Waals surface area contributed by atoms with Gasteiger partial charge in [-0.15, -0.1) is 0 Å². The molecule has 0 saturated carbocycles. The van der Waals surface area contributed by atoms with Crippen molar-refractivity contribution < 1.29 is 4.39 Å². The number of hydrogen-bond acceptors (Lipinski definition) is 1. The highest BCUT2D eigenvalue weighted by Crippen LogP contribution is 2.25. The fourth-order valence-electron chi connectivity index (χ4n) is 1.70. The van der Waals surface area contributed by atoms with E-state index in [9.17, 15) is 4.39 Å². The summed E-state index contributed by atoms with van der Waals surface area (Å²) in [5.74, 6) is -0.441. The largest absolute Gasteiger partial charge is 0.384 e. The Labute approximate surface area is 97.3 Å². The number of fused-ring (bicyclic) bond motifs is 1. The van der Waals surface area contributed by atoms with Crippen LogP contribution in [0.5, 0.6) is 0 Å². The van der Waals surface area contributed by atoms with Crippen molar-refractivity contribution in [3.8, 4) is 0 Å². The van der Waals surface area contributed by atoms with Crippen molar-refractivity contribution in [2.75, 3.05) is 0 Å². The van der Waals surface area contributed by atoms with Crippen LogP contribution in [-0.2, 0) is 0 Å². The second-order valence-corrected chi connectivity index (χ2v) is 4.10. The molecule has 0 bridgehead atoms. The van der Waals surface area contributed by atoms with Crippen molar-refractivity contribution in [2.45, 2.75) is 6.92 Å². The predicted octanol–water partition coefficient (Wildman–Crippen LogP) is 3.22. The van der Waals surface area contributed by atoms with Gasteiger partial charge in [-0.25, -0.2) is 4.39 Å². The van der Waals surface area contributed by atoms with E-state index in [1.165, 1.54) is 12.1 Å². The summed E-state index contributed by atoms with van der Waals surface area (Å²) in [6, 6.07) is 6.47. The van der Waals surface area contributed by atoms with Crippen molar-refractivity contribution in [1.82, 2.24) is 0 Å². The van der Waals surface area contributed by atoms with Crippen LogP contribution in [0.25, 0.3) is 10.8 Å². The average molecular weight is 237 g/mol. The molecule has 4 heteroatoms. The molecule has 0 spiro atoms. The van der Waals surface area contributed by atoms with Crippen LogP contribution in [-0.4, -0.2) is 5.84 Å². The fourth-order valence-corrected chi connectivity index (χ4v) is 1.87. The van der Waals surface area contributed by atoms with E-state index in [1.807, 2.05) is 6.92 Å². The van der Waals surface area contributed by atoms with E-state index in [2.05, 4.69) is 0 Å². The van der Waals surface area contributed by atoms with E-state index >= 15 is 0 Å². The third-order valence-corrected chi connectivity index (χ3v) is 2.80. The minimum Gasteiger partial charge on any atom is -0.384 e. The summed E-state index contributed by atoms with van der Waals surface area (Å²) in [5, 5.41) is 9.03. The first-order valence-corrected chi connectivity index (χ1v) is 5.10. The van der Waals surface area contributed by atoms with Gasteiger partial charge in [0.15, 0.2) is 0 Å². The molecule has 3 N–H and O–H groups in total. The summed E-state index contributed by atoms with van der Waals surface area (Å²) in [6.07, 6.45) is 0. The van der Waals surface area contributed by atoms with Crippen LogP contribution in [0.3, 0.4) is 0 Å². The van der Waals surface area contributed by atoms with Crippen molar-refractivity contribution in [2.24, 2.45) is 5.73 Å². The number of nitrogen functional groups attached to an aromatic ring is 1. The summed E-state index contributed by atoms with van der Waals surface area (Å²) in [4.78, 5) is 0. The third kappa shape index (κ3) is 1.74. The molecule has 2 aromatic rings. The van der Waals surface area contributed by atoms with Gasteiger partial charge >= 0.3 is 0 Å². The summed E-state index contributed by atoms with van der Waals surface area (Å²) in [6.45, 7) is 1.84. The Morgan fingerprint density at radius 1 is 1.25 bits per heavy atom.